The van der Waals surface area contributed by atoms with Gasteiger partial charge in [0.2, 0.25) is 5.78 Å². The summed E-state index contributed by atoms with van der Waals surface area (Å²) in [6.45, 7) is 1.12. The molecule has 2 aliphatic carbocycles. The molecular weight excluding hydrogens is 442 g/mol. The molecule has 5 N–H and O–H groups in total. The van der Waals surface area contributed by atoms with Crippen molar-refractivity contribution >= 4 is 17.3 Å². The number of hydrogen-bond acceptors (Lipinski definition) is 9. The number of carbonyl (C=O) groups is 3. The van der Waals surface area contributed by atoms with Crippen LogP contribution in [0.4, 0.5) is 0 Å². The van der Waals surface area contributed by atoms with Crippen molar-refractivity contribution in [2.45, 2.75) is 31.0 Å². The zero-order chi connectivity index (χ0) is 24.4. The van der Waals surface area contributed by atoms with Gasteiger partial charge in [-0.2, -0.15) is 0 Å². The third-order valence-electron chi connectivity index (χ3n) is 6.92. The number of fused-ring (bicyclic) bond motifs is 3. The first kappa shape index (κ1) is 22.3. The van der Waals surface area contributed by atoms with Crippen LogP contribution in [-0.2, 0) is 11.2 Å². The van der Waals surface area contributed by atoms with E-state index >= 15 is 0 Å². The molecule has 0 radical (unpaired) electrons. The summed E-state index contributed by atoms with van der Waals surface area (Å²) in [6.07, 6.45) is 2.21. The molecule has 0 aromatic heterocycles. The number of aliphatic hydroxyl groups excluding tert-OH is 1. The molecule has 1 heterocycles. The molecule has 0 saturated carbocycles. The number of phenols is 3. The van der Waals surface area contributed by atoms with E-state index in [2.05, 4.69) is 0 Å². The number of rotatable bonds is 3. The number of phenolic OH excluding ortho intramolecular Hbond substituents is 3. The highest BCUT2D eigenvalue weighted by Gasteiger charge is 2.48. The number of hydrogen-bond donors (Lipinski definition) is 5. The topological polar surface area (TPSA) is 156 Å². The van der Waals surface area contributed by atoms with Crippen LogP contribution >= 0.6 is 0 Å². The van der Waals surface area contributed by atoms with E-state index in [1.165, 1.54) is 18.2 Å². The van der Waals surface area contributed by atoms with Gasteiger partial charge >= 0.3 is 0 Å². The van der Waals surface area contributed by atoms with E-state index in [0.29, 0.717) is 13.1 Å². The first-order chi connectivity index (χ1) is 16.1. The van der Waals surface area contributed by atoms with E-state index in [1.807, 2.05) is 17.1 Å². The lowest BCUT2D eigenvalue weighted by Gasteiger charge is -2.38. The van der Waals surface area contributed by atoms with E-state index < -0.39 is 70.3 Å². The SMILES string of the molecule is O=C1c2cccc(O)c2C(=O)c2c(O)c3c(c(O)c21)CC(O)(C(=O)CN1CC=CCC1)CC3O. The second-order valence-corrected chi connectivity index (χ2v) is 9.04. The van der Waals surface area contributed by atoms with Gasteiger partial charge in [-0.05, 0) is 12.5 Å². The van der Waals surface area contributed by atoms with Crippen LogP contribution in [0.2, 0.25) is 0 Å². The van der Waals surface area contributed by atoms with Crippen molar-refractivity contribution in [2.24, 2.45) is 0 Å². The Labute approximate surface area is 194 Å². The summed E-state index contributed by atoms with van der Waals surface area (Å²) >= 11 is 0. The molecular formula is C25H23NO8. The Morgan fingerprint density at radius 1 is 1.03 bits per heavy atom. The summed E-state index contributed by atoms with van der Waals surface area (Å²) in [5.74, 6) is -4.07. The van der Waals surface area contributed by atoms with Gasteiger partial charge in [0.25, 0.3) is 0 Å². The quantitative estimate of drug-likeness (QED) is 0.283. The molecule has 0 bridgehead atoms. The van der Waals surface area contributed by atoms with Crippen molar-refractivity contribution in [1.29, 1.82) is 0 Å². The summed E-state index contributed by atoms with van der Waals surface area (Å²) < 4.78 is 0. The maximum Gasteiger partial charge on any atom is 0.202 e. The Morgan fingerprint density at radius 3 is 2.47 bits per heavy atom. The Morgan fingerprint density at radius 2 is 1.76 bits per heavy atom. The summed E-state index contributed by atoms with van der Waals surface area (Å²) in [5.41, 5.74) is -3.86. The Kier molecular flexibility index (Phi) is 5.09. The van der Waals surface area contributed by atoms with Crippen LogP contribution in [-0.4, -0.2) is 73.0 Å². The highest BCUT2D eigenvalue weighted by molar-refractivity contribution is 6.31. The van der Waals surface area contributed by atoms with Crippen molar-refractivity contribution in [2.75, 3.05) is 19.6 Å². The van der Waals surface area contributed by atoms with Gasteiger partial charge in [-0.3, -0.25) is 19.3 Å². The molecule has 9 nitrogen and oxygen atoms in total. The van der Waals surface area contributed by atoms with Crippen LogP contribution in [0.15, 0.2) is 30.4 Å². The molecule has 5 rings (SSSR count). The minimum Gasteiger partial charge on any atom is -0.507 e. The number of Topliss-reactive ketones (excluding diaryl/α,β-unsaturated/α-hetero) is 1. The van der Waals surface area contributed by atoms with E-state index in [0.717, 1.165) is 6.42 Å². The van der Waals surface area contributed by atoms with Gasteiger partial charge in [0, 0.05) is 42.6 Å². The number of carbonyl (C=O) groups excluding carboxylic acids is 3. The van der Waals surface area contributed by atoms with Crippen LogP contribution < -0.4 is 0 Å². The van der Waals surface area contributed by atoms with Gasteiger partial charge in [-0.25, -0.2) is 0 Å². The van der Waals surface area contributed by atoms with E-state index in [-0.39, 0.29) is 28.8 Å². The molecule has 2 atom stereocenters. The largest absolute Gasteiger partial charge is 0.507 e. The molecule has 0 fully saturated rings. The summed E-state index contributed by atoms with van der Waals surface area (Å²) in [7, 11) is 0. The Hall–Kier alpha value is -3.53. The second-order valence-electron chi connectivity index (χ2n) is 9.04. The molecule has 2 aromatic rings. The minimum absolute atomic E-state index is 0.0648. The third kappa shape index (κ3) is 3.16. The van der Waals surface area contributed by atoms with E-state index in [1.54, 1.807) is 0 Å². The van der Waals surface area contributed by atoms with Crippen LogP contribution in [0.1, 0.15) is 61.9 Å². The normalized spacial score (nSPS) is 23.9. The zero-order valence-electron chi connectivity index (χ0n) is 18.1. The maximum atomic E-state index is 13.2. The van der Waals surface area contributed by atoms with Crippen LogP contribution in [0.25, 0.3) is 0 Å². The molecule has 34 heavy (non-hydrogen) atoms. The van der Waals surface area contributed by atoms with Gasteiger partial charge in [0.15, 0.2) is 11.6 Å². The fourth-order valence-corrected chi connectivity index (χ4v) is 5.18. The molecule has 0 saturated heterocycles. The predicted octanol–water partition coefficient (Wildman–Crippen LogP) is 1.12. The van der Waals surface area contributed by atoms with Crippen molar-refractivity contribution in [3.8, 4) is 17.2 Å². The van der Waals surface area contributed by atoms with Gasteiger partial charge in [-0.15, -0.1) is 0 Å². The van der Waals surface area contributed by atoms with Gasteiger partial charge in [0.05, 0.1) is 29.3 Å². The molecule has 0 amide bonds. The second kappa shape index (κ2) is 7.76. The van der Waals surface area contributed by atoms with Crippen molar-refractivity contribution in [1.82, 2.24) is 4.90 Å². The molecule has 3 aliphatic rings. The van der Waals surface area contributed by atoms with E-state index in [9.17, 15) is 39.9 Å². The Bertz CT molecular complexity index is 1300. The smallest absolute Gasteiger partial charge is 0.202 e. The first-order valence-corrected chi connectivity index (χ1v) is 11.0. The van der Waals surface area contributed by atoms with Gasteiger partial charge in [0.1, 0.15) is 22.8 Å². The van der Waals surface area contributed by atoms with Gasteiger partial charge < -0.3 is 25.5 Å². The fraction of sp³-hybridized carbons (Fsp3) is 0.320. The van der Waals surface area contributed by atoms with Crippen LogP contribution in [0.3, 0.4) is 0 Å². The van der Waals surface area contributed by atoms with Crippen LogP contribution in [0, 0.1) is 0 Å². The maximum absolute atomic E-state index is 13.2. The molecule has 9 heteroatoms. The predicted molar refractivity (Wildman–Crippen MR) is 118 cm³/mol. The number of aliphatic hydroxyl groups is 2. The molecule has 2 unspecified atom stereocenters. The molecule has 0 spiro atoms. The van der Waals surface area contributed by atoms with Crippen LogP contribution in [0.5, 0.6) is 17.2 Å². The summed E-state index contributed by atoms with van der Waals surface area (Å²) in [6, 6.07) is 3.91. The fourth-order valence-electron chi connectivity index (χ4n) is 5.18. The van der Waals surface area contributed by atoms with Crippen molar-refractivity contribution in [3.63, 3.8) is 0 Å². The van der Waals surface area contributed by atoms with Crippen molar-refractivity contribution < 1.29 is 39.9 Å². The number of nitrogens with zero attached hydrogens (tertiary/aromatic N) is 1. The minimum atomic E-state index is -2.04. The lowest BCUT2D eigenvalue weighted by atomic mass is 9.72. The van der Waals surface area contributed by atoms with Gasteiger partial charge in [-0.1, -0.05) is 24.3 Å². The lowest BCUT2D eigenvalue weighted by molar-refractivity contribution is -0.143. The first-order valence-electron chi connectivity index (χ1n) is 11.0. The van der Waals surface area contributed by atoms with E-state index in [4.69, 9.17) is 0 Å². The monoisotopic (exact) mass is 465 g/mol. The number of ketones is 3. The standard InChI is InChI=1S/C25H23NO8/c27-14-6-4-5-12-17(14)23(32)20-19(21(12)30)22(31)13-9-25(34,10-15(28)18(13)24(20)33)16(29)11-26-7-2-1-3-8-26/h1-2,4-6,15,27-28,31,33-34H,3,7-11H2. The summed E-state index contributed by atoms with van der Waals surface area (Å²) in [4.78, 5) is 41.2. The summed E-state index contributed by atoms with van der Waals surface area (Å²) in [5, 5.41) is 54.1. The molecule has 1 aliphatic heterocycles. The third-order valence-corrected chi connectivity index (χ3v) is 6.92. The number of aromatic hydroxyl groups is 3. The molecule has 176 valence electrons. The molecule has 2 aromatic carbocycles. The van der Waals surface area contributed by atoms with Crippen molar-refractivity contribution in [3.05, 3.63) is 63.7 Å². The average molecular weight is 465 g/mol. The zero-order valence-corrected chi connectivity index (χ0v) is 18.1. The lowest BCUT2D eigenvalue weighted by Crippen LogP contribution is -2.50. The highest BCUT2D eigenvalue weighted by Crippen LogP contribution is 2.50. The number of benzene rings is 2. The highest BCUT2D eigenvalue weighted by atomic mass is 16.3. The average Bonchev–Trinajstić information content (AvgIpc) is 2.80. The Balaban J connectivity index is 1.60.